The Kier molecular flexibility index (Phi) is 9.31. The standard InChI is InChI=1S/C21H22Cl2N2O7S2/c1-33-7-4-17(21(27)32-12-20(26)24-15-9-13(22)8-14(23)10-15)25-34(28,29)16-2-3-18-19(11-16)31-6-5-30-18/h2-3,8-11,17,25H,4-7,12H2,1H3,(H,24,26)/t17-/m1/s1. The lowest BCUT2D eigenvalue weighted by atomic mass is 10.2. The SMILES string of the molecule is CSCC[C@@H](NS(=O)(=O)c1ccc2c(c1)OCCO2)C(=O)OCC(=O)Nc1cc(Cl)cc(Cl)c1. The van der Waals surface area contributed by atoms with Crippen molar-refractivity contribution in [2.75, 3.05) is 37.1 Å². The highest BCUT2D eigenvalue weighted by Gasteiger charge is 2.28. The predicted octanol–water partition coefficient (Wildman–Crippen LogP) is 3.35. The Morgan fingerprint density at radius 3 is 2.44 bits per heavy atom. The van der Waals surface area contributed by atoms with Gasteiger partial charge in [-0.05, 0) is 48.8 Å². The molecule has 2 aromatic rings. The summed E-state index contributed by atoms with van der Waals surface area (Å²) in [6, 6.07) is 7.45. The van der Waals surface area contributed by atoms with Crippen LogP contribution in [0, 0.1) is 0 Å². The van der Waals surface area contributed by atoms with E-state index in [2.05, 4.69) is 10.0 Å². The Labute approximate surface area is 211 Å². The Morgan fingerprint density at radius 1 is 1.09 bits per heavy atom. The van der Waals surface area contributed by atoms with Crippen LogP contribution in [0.4, 0.5) is 5.69 Å². The fraction of sp³-hybridized carbons (Fsp3) is 0.333. The van der Waals surface area contributed by atoms with E-state index in [0.29, 0.717) is 46.2 Å². The molecule has 1 heterocycles. The van der Waals surface area contributed by atoms with Crippen LogP contribution >= 0.6 is 35.0 Å². The van der Waals surface area contributed by atoms with Crippen LogP contribution in [0.15, 0.2) is 41.3 Å². The molecule has 0 saturated heterocycles. The molecule has 184 valence electrons. The van der Waals surface area contributed by atoms with E-state index in [1.165, 1.54) is 48.2 Å². The van der Waals surface area contributed by atoms with Crippen molar-refractivity contribution < 1.29 is 32.2 Å². The molecule has 9 nitrogen and oxygen atoms in total. The number of amides is 1. The summed E-state index contributed by atoms with van der Waals surface area (Å²) in [5, 5.41) is 3.16. The van der Waals surface area contributed by atoms with Gasteiger partial charge in [0.25, 0.3) is 5.91 Å². The highest BCUT2D eigenvalue weighted by atomic mass is 35.5. The van der Waals surface area contributed by atoms with Crippen LogP contribution in [-0.2, 0) is 24.3 Å². The summed E-state index contributed by atoms with van der Waals surface area (Å²) in [6.07, 6.45) is 1.98. The lowest BCUT2D eigenvalue weighted by molar-refractivity contribution is -0.149. The van der Waals surface area contributed by atoms with Gasteiger partial charge in [0.1, 0.15) is 19.3 Å². The van der Waals surface area contributed by atoms with Crippen molar-refractivity contribution in [2.24, 2.45) is 0 Å². The number of benzene rings is 2. The first-order chi connectivity index (χ1) is 16.2. The normalized spacial score (nSPS) is 13.7. The van der Waals surface area contributed by atoms with Gasteiger partial charge >= 0.3 is 5.97 Å². The molecule has 2 N–H and O–H groups in total. The van der Waals surface area contributed by atoms with Gasteiger partial charge in [0, 0.05) is 21.8 Å². The number of sulfonamides is 1. The van der Waals surface area contributed by atoms with E-state index >= 15 is 0 Å². The van der Waals surface area contributed by atoms with E-state index in [4.69, 9.17) is 37.4 Å². The van der Waals surface area contributed by atoms with Gasteiger partial charge in [0.15, 0.2) is 18.1 Å². The van der Waals surface area contributed by atoms with Gasteiger partial charge < -0.3 is 19.5 Å². The number of carbonyl (C=O) groups is 2. The average molecular weight is 549 g/mol. The number of rotatable bonds is 10. The van der Waals surface area contributed by atoms with E-state index in [1.807, 2.05) is 6.26 Å². The maximum Gasteiger partial charge on any atom is 0.324 e. The lowest BCUT2D eigenvalue weighted by Crippen LogP contribution is -2.43. The van der Waals surface area contributed by atoms with Gasteiger partial charge in [-0.3, -0.25) is 9.59 Å². The zero-order chi connectivity index (χ0) is 24.7. The van der Waals surface area contributed by atoms with Crippen molar-refractivity contribution in [1.29, 1.82) is 0 Å². The number of hydrogen-bond donors (Lipinski definition) is 2. The molecule has 1 amide bonds. The smallest absolute Gasteiger partial charge is 0.324 e. The van der Waals surface area contributed by atoms with Gasteiger partial charge in [-0.2, -0.15) is 16.5 Å². The van der Waals surface area contributed by atoms with Crippen molar-refractivity contribution in [3.05, 3.63) is 46.4 Å². The third-order valence-corrected chi connectivity index (χ3v) is 7.06. The summed E-state index contributed by atoms with van der Waals surface area (Å²) in [4.78, 5) is 24.7. The number of fused-ring (bicyclic) bond motifs is 1. The molecule has 3 rings (SSSR count). The molecule has 1 atom stereocenters. The van der Waals surface area contributed by atoms with Crippen LogP contribution in [-0.4, -0.2) is 58.2 Å². The quantitative estimate of drug-likeness (QED) is 0.433. The van der Waals surface area contributed by atoms with Gasteiger partial charge in [-0.25, -0.2) is 8.42 Å². The monoisotopic (exact) mass is 548 g/mol. The molecule has 1 aliphatic rings. The van der Waals surface area contributed by atoms with Crippen LogP contribution in [0.5, 0.6) is 11.5 Å². The Hall–Kier alpha value is -2.18. The Morgan fingerprint density at radius 2 is 1.76 bits per heavy atom. The molecule has 13 heteroatoms. The largest absolute Gasteiger partial charge is 0.486 e. The molecule has 2 aromatic carbocycles. The number of thioether (sulfide) groups is 1. The van der Waals surface area contributed by atoms with Crippen LogP contribution < -0.4 is 19.5 Å². The van der Waals surface area contributed by atoms with Crippen molar-refractivity contribution in [3.63, 3.8) is 0 Å². The summed E-state index contributed by atoms with van der Waals surface area (Å²) in [5.41, 5.74) is 0.330. The maximum atomic E-state index is 12.9. The first-order valence-corrected chi connectivity index (χ1v) is 13.6. The van der Waals surface area contributed by atoms with Crippen molar-refractivity contribution in [2.45, 2.75) is 17.4 Å². The van der Waals surface area contributed by atoms with Crippen molar-refractivity contribution in [1.82, 2.24) is 4.72 Å². The molecule has 0 aromatic heterocycles. The second kappa shape index (κ2) is 12.0. The predicted molar refractivity (Wildman–Crippen MR) is 131 cm³/mol. The summed E-state index contributed by atoms with van der Waals surface area (Å²) in [6.45, 7) is 0.0540. The summed E-state index contributed by atoms with van der Waals surface area (Å²) in [5.74, 6) is -0.290. The van der Waals surface area contributed by atoms with Crippen LogP contribution in [0.2, 0.25) is 10.0 Å². The minimum absolute atomic E-state index is 0.0886. The number of carbonyl (C=O) groups excluding carboxylic acids is 2. The molecule has 0 radical (unpaired) electrons. The van der Waals surface area contributed by atoms with Gasteiger partial charge in [0.05, 0.1) is 4.90 Å². The molecule has 34 heavy (non-hydrogen) atoms. The van der Waals surface area contributed by atoms with E-state index in [9.17, 15) is 18.0 Å². The highest BCUT2D eigenvalue weighted by Crippen LogP contribution is 2.32. The molecule has 1 aliphatic heterocycles. The number of esters is 1. The number of halogens is 2. The number of anilines is 1. The van der Waals surface area contributed by atoms with Crippen molar-refractivity contribution >= 4 is 62.6 Å². The topological polar surface area (TPSA) is 120 Å². The van der Waals surface area contributed by atoms with Crippen LogP contribution in [0.1, 0.15) is 6.42 Å². The number of ether oxygens (including phenoxy) is 3. The molecular formula is C21H22Cl2N2O7S2. The van der Waals surface area contributed by atoms with E-state index < -0.39 is 34.5 Å². The van der Waals surface area contributed by atoms with E-state index in [-0.39, 0.29) is 11.3 Å². The lowest BCUT2D eigenvalue weighted by Gasteiger charge is -2.20. The summed E-state index contributed by atoms with van der Waals surface area (Å²) >= 11 is 13.2. The zero-order valence-corrected chi connectivity index (χ0v) is 21.2. The molecule has 0 aliphatic carbocycles. The summed E-state index contributed by atoms with van der Waals surface area (Å²) in [7, 11) is -4.09. The number of nitrogens with one attached hydrogen (secondary N) is 2. The summed E-state index contributed by atoms with van der Waals surface area (Å²) < 4.78 is 44.1. The van der Waals surface area contributed by atoms with E-state index in [0.717, 1.165) is 0 Å². The molecular weight excluding hydrogens is 527 g/mol. The highest BCUT2D eigenvalue weighted by molar-refractivity contribution is 7.98. The second-order valence-electron chi connectivity index (χ2n) is 7.07. The second-order valence-corrected chi connectivity index (χ2v) is 10.6. The van der Waals surface area contributed by atoms with Crippen LogP contribution in [0.25, 0.3) is 0 Å². The molecule has 0 fully saturated rings. The van der Waals surface area contributed by atoms with Gasteiger partial charge in [-0.15, -0.1) is 0 Å². The van der Waals surface area contributed by atoms with Crippen LogP contribution in [0.3, 0.4) is 0 Å². The van der Waals surface area contributed by atoms with Gasteiger partial charge in [-0.1, -0.05) is 23.2 Å². The fourth-order valence-electron chi connectivity index (χ4n) is 2.97. The molecule has 0 spiro atoms. The van der Waals surface area contributed by atoms with Gasteiger partial charge in [0.2, 0.25) is 10.0 Å². The molecule has 0 saturated carbocycles. The minimum atomic E-state index is -4.09. The van der Waals surface area contributed by atoms with E-state index in [1.54, 1.807) is 0 Å². The fourth-order valence-corrected chi connectivity index (χ4v) is 5.20. The first-order valence-electron chi connectivity index (χ1n) is 10.0. The maximum absolute atomic E-state index is 12.9. The Bertz CT molecular complexity index is 1140. The third kappa shape index (κ3) is 7.41. The zero-order valence-electron chi connectivity index (χ0n) is 18.0. The Balaban J connectivity index is 1.64. The minimum Gasteiger partial charge on any atom is -0.486 e. The van der Waals surface area contributed by atoms with Crippen molar-refractivity contribution in [3.8, 4) is 11.5 Å². The molecule has 0 bridgehead atoms. The average Bonchev–Trinajstić information content (AvgIpc) is 2.79. The molecule has 0 unspecified atom stereocenters. The third-order valence-electron chi connectivity index (χ3n) is 4.51. The first kappa shape index (κ1) is 26.4. The number of hydrogen-bond acceptors (Lipinski definition) is 8.